The number of carbonyl (C=O) groups excluding carboxylic acids is 2. The molecule has 1 saturated heterocycles. The summed E-state index contributed by atoms with van der Waals surface area (Å²) in [5.74, 6) is -0.000297. The minimum absolute atomic E-state index is 0.000297. The van der Waals surface area contributed by atoms with E-state index in [2.05, 4.69) is 10.6 Å². The third-order valence-electron chi connectivity index (χ3n) is 3.36. The van der Waals surface area contributed by atoms with Gasteiger partial charge in [0.25, 0.3) is 0 Å². The van der Waals surface area contributed by atoms with Gasteiger partial charge in [-0.05, 0) is 26.0 Å². The molecule has 3 N–H and O–H groups in total. The molecule has 1 aliphatic rings. The van der Waals surface area contributed by atoms with Crippen LogP contribution in [0.5, 0.6) is 0 Å². The van der Waals surface area contributed by atoms with Gasteiger partial charge in [0.2, 0.25) is 5.91 Å². The molecule has 1 aromatic carbocycles. The largest absolute Gasteiger partial charge is 0.392 e. The second kappa shape index (κ2) is 6.58. The lowest BCUT2D eigenvalue weighted by molar-refractivity contribution is -0.117. The third-order valence-corrected chi connectivity index (χ3v) is 3.36. The zero-order valence-electron chi connectivity index (χ0n) is 12.3. The predicted molar refractivity (Wildman–Crippen MR) is 80.2 cm³/mol. The smallest absolute Gasteiger partial charge is 0.315 e. The quantitative estimate of drug-likeness (QED) is 0.767. The van der Waals surface area contributed by atoms with Crippen molar-refractivity contribution >= 4 is 17.6 Å². The maximum atomic E-state index is 12.0. The third kappa shape index (κ3) is 4.19. The molecule has 114 valence electrons. The van der Waals surface area contributed by atoms with Gasteiger partial charge in [-0.2, -0.15) is 0 Å². The number of anilines is 1. The molecule has 2 rings (SSSR count). The monoisotopic (exact) mass is 291 g/mol. The number of rotatable bonds is 4. The van der Waals surface area contributed by atoms with Crippen LogP contribution in [0.2, 0.25) is 0 Å². The highest BCUT2D eigenvalue weighted by molar-refractivity contribution is 5.96. The number of aryl methyl sites for hydroxylation is 1. The Labute approximate surface area is 124 Å². The van der Waals surface area contributed by atoms with E-state index in [1.807, 2.05) is 31.2 Å². The van der Waals surface area contributed by atoms with E-state index in [0.29, 0.717) is 6.54 Å². The molecule has 0 bridgehead atoms. The topological polar surface area (TPSA) is 81.7 Å². The van der Waals surface area contributed by atoms with Crippen LogP contribution in [0.4, 0.5) is 10.5 Å². The average Bonchev–Trinajstić information content (AvgIpc) is 2.78. The first-order valence-electron chi connectivity index (χ1n) is 7.05. The molecule has 21 heavy (non-hydrogen) atoms. The van der Waals surface area contributed by atoms with Gasteiger partial charge >= 0.3 is 6.03 Å². The number of amides is 3. The summed E-state index contributed by atoms with van der Waals surface area (Å²) in [4.78, 5) is 25.3. The first-order chi connectivity index (χ1) is 9.95. The summed E-state index contributed by atoms with van der Waals surface area (Å²) < 4.78 is 0. The lowest BCUT2D eigenvalue weighted by Gasteiger charge is -2.17. The second-order valence-electron chi connectivity index (χ2n) is 5.44. The molecule has 2 atom stereocenters. The number of hydrogen-bond acceptors (Lipinski definition) is 3. The Morgan fingerprint density at radius 2 is 2.10 bits per heavy atom. The van der Waals surface area contributed by atoms with Gasteiger partial charge in [-0.25, -0.2) is 4.79 Å². The Balaban J connectivity index is 1.90. The molecule has 1 aromatic rings. The van der Waals surface area contributed by atoms with Crippen LogP contribution in [0.1, 0.15) is 18.9 Å². The van der Waals surface area contributed by atoms with Crippen molar-refractivity contribution in [2.75, 3.05) is 18.0 Å². The summed E-state index contributed by atoms with van der Waals surface area (Å²) in [7, 11) is 0. The molecule has 0 aliphatic carbocycles. The molecule has 1 heterocycles. The first-order valence-corrected chi connectivity index (χ1v) is 7.05. The van der Waals surface area contributed by atoms with Crippen LogP contribution in [0.15, 0.2) is 24.3 Å². The standard InChI is InChI=1S/C15H21N3O3/c1-10-3-5-13(6-4-10)18-9-12(7-14(18)20)17-15(21)16-8-11(2)19/h3-6,11-12,19H,7-9H2,1-2H3,(H2,16,17,21)/t11-,12+/m1/s1. The molecule has 0 unspecified atom stereocenters. The van der Waals surface area contributed by atoms with E-state index >= 15 is 0 Å². The molecule has 0 spiro atoms. The highest BCUT2D eigenvalue weighted by Crippen LogP contribution is 2.21. The summed E-state index contributed by atoms with van der Waals surface area (Å²) >= 11 is 0. The van der Waals surface area contributed by atoms with Crippen LogP contribution in [0.25, 0.3) is 0 Å². The zero-order valence-corrected chi connectivity index (χ0v) is 12.3. The van der Waals surface area contributed by atoms with Crippen molar-refractivity contribution < 1.29 is 14.7 Å². The Morgan fingerprint density at radius 3 is 2.71 bits per heavy atom. The lowest BCUT2D eigenvalue weighted by atomic mass is 10.2. The van der Waals surface area contributed by atoms with E-state index in [4.69, 9.17) is 5.11 Å². The van der Waals surface area contributed by atoms with Gasteiger partial charge in [0.15, 0.2) is 0 Å². The van der Waals surface area contributed by atoms with Crippen LogP contribution >= 0.6 is 0 Å². The van der Waals surface area contributed by atoms with Gasteiger partial charge in [0.1, 0.15) is 0 Å². The molecule has 0 aromatic heterocycles. The molecule has 1 aliphatic heterocycles. The molecular formula is C15H21N3O3. The maximum Gasteiger partial charge on any atom is 0.315 e. The number of nitrogens with one attached hydrogen (secondary N) is 2. The van der Waals surface area contributed by atoms with Crippen molar-refractivity contribution in [2.24, 2.45) is 0 Å². The van der Waals surface area contributed by atoms with Crippen LogP contribution in [0.3, 0.4) is 0 Å². The van der Waals surface area contributed by atoms with Crippen molar-refractivity contribution in [3.05, 3.63) is 29.8 Å². The number of aliphatic hydroxyl groups excluding tert-OH is 1. The van der Waals surface area contributed by atoms with E-state index in [9.17, 15) is 9.59 Å². The van der Waals surface area contributed by atoms with E-state index in [0.717, 1.165) is 11.3 Å². The van der Waals surface area contributed by atoms with Gasteiger partial charge in [-0.3, -0.25) is 4.79 Å². The molecular weight excluding hydrogens is 270 g/mol. The van der Waals surface area contributed by atoms with Gasteiger partial charge in [0.05, 0.1) is 12.1 Å². The van der Waals surface area contributed by atoms with E-state index in [-0.39, 0.29) is 30.9 Å². The summed E-state index contributed by atoms with van der Waals surface area (Å²) in [5, 5.41) is 14.4. The summed E-state index contributed by atoms with van der Waals surface area (Å²) in [5.41, 5.74) is 1.98. The second-order valence-corrected chi connectivity index (χ2v) is 5.44. The number of urea groups is 1. The fraction of sp³-hybridized carbons (Fsp3) is 0.467. The first kappa shape index (κ1) is 15.3. The average molecular weight is 291 g/mol. The summed E-state index contributed by atoms with van der Waals surface area (Å²) in [6.45, 7) is 4.24. The predicted octanol–water partition coefficient (Wildman–Crippen LogP) is 0.780. The lowest BCUT2D eigenvalue weighted by Crippen LogP contribution is -2.45. The van der Waals surface area contributed by atoms with Crippen LogP contribution in [-0.2, 0) is 4.79 Å². The number of benzene rings is 1. The van der Waals surface area contributed by atoms with Crippen LogP contribution < -0.4 is 15.5 Å². The Bertz CT molecular complexity index is 513. The number of nitrogens with zero attached hydrogens (tertiary/aromatic N) is 1. The fourth-order valence-electron chi connectivity index (χ4n) is 2.26. The van der Waals surface area contributed by atoms with E-state index in [1.165, 1.54) is 0 Å². The van der Waals surface area contributed by atoms with E-state index < -0.39 is 6.10 Å². The van der Waals surface area contributed by atoms with Gasteiger partial charge in [-0.15, -0.1) is 0 Å². The Morgan fingerprint density at radius 1 is 1.43 bits per heavy atom. The molecule has 6 heteroatoms. The maximum absolute atomic E-state index is 12.0. The van der Waals surface area contributed by atoms with Crippen molar-refractivity contribution in [1.82, 2.24) is 10.6 Å². The highest BCUT2D eigenvalue weighted by atomic mass is 16.3. The van der Waals surface area contributed by atoms with Crippen molar-refractivity contribution in [1.29, 1.82) is 0 Å². The summed E-state index contributed by atoms with van der Waals surface area (Å²) in [6, 6.07) is 7.15. The van der Waals surface area contributed by atoms with Crippen molar-refractivity contribution in [3.8, 4) is 0 Å². The SMILES string of the molecule is Cc1ccc(N2C[C@@H](NC(=O)NC[C@@H](C)O)CC2=O)cc1. The van der Waals surface area contributed by atoms with Crippen LogP contribution in [-0.4, -0.2) is 42.3 Å². The summed E-state index contributed by atoms with van der Waals surface area (Å²) in [6.07, 6.45) is -0.305. The number of carbonyl (C=O) groups is 2. The molecule has 6 nitrogen and oxygen atoms in total. The normalized spacial score (nSPS) is 19.5. The number of aliphatic hydroxyl groups is 1. The minimum Gasteiger partial charge on any atom is -0.392 e. The van der Waals surface area contributed by atoms with Crippen molar-refractivity contribution in [3.63, 3.8) is 0 Å². The Kier molecular flexibility index (Phi) is 4.80. The highest BCUT2D eigenvalue weighted by Gasteiger charge is 2.31. The van der Waals surface area contributed by atoms with Gasteiger partial charge in [0, 0.05) is 25.2 Å². The molecule has 0 saturated carbocycles. The van der Waals surface area contributed by atoms with Crippen molar-refractivity contribution in [2.45, 2.75) is 32.4 Å². The fourth-order valence-corrected chi connectivity index (χ4v) is 2.26. The van der Waals surface area contributed by atoms with Crippen LogP contribution in [0, 0.1) is 6.92 Å². The minimum atomic E-state index is -0.593. The zero-order chi connectivity index (χ0) is 15.4. The Hall–Kier alpha value is -2.08. The molecule has 3 amide bonds. The van der Waals surface area contributed by atoms with E-state index in [1.54, 1.807) is 11.8 Å². The molecule has 1 fully saturated rings. The van der Waals surface area contributed by atoms with Gasteiger partial charge in [-0.1, -0.05) is 17.7 Å². The van der Waals surface area contributed by atoms with Gasteiger partial charge < -0.3 is 20.6 Å². The molecule has 0 radical (unpaired) electrons. The number of hydrogen-bond donors (Lipinski definition) is 3.